The van der Waals surface area contributed by atoms with Gasteiger partial charge in [0.1, 0.15) is 12.4 Å². The average Bonchev–Trinajstić information content (AvgIpc) is 2.36. The van der Waals surface area contributed by atoms with Gasteiger partial charge in [0.15, 0.2) is 0 Å². The van der Waals surface area contributed by atoms with Crippen LogP contribution in [0, 0.1) is 0 Å². The van der Waals surface area contributed by atoms with Crippen LogP contribution in [-0.4, -0.2) is 31.1 Å². The third-order valence-corrected chi connectivity index (χ3v) is 3.52. The van der Waals surface area contributed by atoms with Crippen molar-refractivity contribution in [1.82, 2.24) is 4.90 Å². The van der Waals surface area contributed by atoms with Crippen molar-refractivity contribution < 1.29 is 4.74 Å². The quantitative estimate of drug-likeness (QED) is 0.840. The smallest absolute Gasteiger partial charge is 0.124 e. The van der Waals surface area contributed by atoms with Crippen molar-refractivity contribution in [1.29, 1.82) is 0 Å². The molecule has 0 aliphatic carbocycles. The zero-order valence-electron chi connectivity index (χ0n) is 11.4. The number of rotatable bonds is 7. The summed E-state index contributed by atoms with van der Waals surface area (Å²) < 4.78 is 6.88. The van der Waals surface area contributed by atoms with Gasteiger partial charge in [0.2, 0.25) is 0 Å². The van der Waals surface area contributed by atoms with E-state index in [-0.39, 0.29) is 6.04 Å². The molecule has 102 valence electrons. The zero-order valence-corrected chi connectivity index (χ0v) is 13.0. The molecular formula is C14H23BrN2O. The molecule has 0 fully saturated rings. The predicted molar refractivity (Wildman–Crippen MR) is 80.0 cm³/mol. The Kier molecular flexibility index (Phi) is 6.68. The van der Waals surface area contributed by atoms with E-state index >= 15 is 0 Å². The summed E-state index contributed by atoms with van der Waals surface area (Å²) in [5, 5.41) is 0. The van der Waals surface area contributed by atoms with Crippen LogP contribution >= 0.6 is 15.9 Å². The molecule has 0 unspecified atom stereocenters. The number of benzene rings is 1. The van der Waals surface area contributed by atoms with Gasteiger partial charge < -0.3 is 15.4 Å². The van der Waals surface area contributed by atoms with Crippen LogP contribution in [0.2, 0.25) is 0 Å². The Morgan fingerprint density at radius 1 is 1.33 bits per heavy atom. The molecule has 0 saturated heterocycles. The predicted octanol–water partition coefficient (Wildman–Crippen LogP) is 3.19. The van der Waals surface area contributed by atoms with Crippen molar-refractivity contribution in [3.05, 3.63) is 28.2 Å². The molecule has 2 N–H and O–H groups in total. The molecule has 0 radical (unpaired) electrons. The molecule has 0 spiro atoms. The fourth-order valence-corrected chi connectivity index (χ4v) is 2.21. The number of ether oxygens (including phenoxy) is 1. The molecule has 1 atom stereocenters. The Balaban J connectivity index is 2.61. The Bertz CT molecular complexity index is 365. The van der Waals surface area contributed by atoms with Crippen LogP contribution in [0.1, 0.15) is 32.4 Å². The van der Waals surface area contributed by atoms with E-state index < -0.39 is 0 Å². The zero-order chi connectivity index (χ0) is 13.5. The van der Waals surface area contributed by atoms with E-state index in [2.05, 4.69) is 34.7 Å². The molecule has 0 aliphatic rings. The molecule has 18 heavy (non-hydrogen) atoms. The molecule has 4 heteroatoms. The summed E-state index contributed by atoms with van der Waals surface area (Å²) >= 11 is 3.46. The second kappa shape index (κ2) is 7.77. The molecule has 3 nitrogen and oxygen atoms in total. The van der Waals surface area contributed by atoms with Crippen LogP contribution in [0.5, 0.6) is 5.75 Å². The van der Waals surface area contributed by atoms with E-state index in [9.17, 15) is 0 Å². The highest BCUT2D eigenvalue weighted by Gasteiger charge is 2.09. The van der Waals surface area contributed by atoms with Gasteiger partial charge in [-0.1, -0.05) is 29.8 Å². The highest BCUT2D eigenvalue weighted by Crippen LogP contribution is 2.27. The van der Waals surface area contributed by atoms with Gasteiger partial charge in [-0.3, -0.25) is 0 Å². The Hall–Kier alpha value is -0.580. The fraction of sp³-hybridized carbons (Fsp3) is 0.571. The molecular weight excluding hydrogens is 292 g/mol. The van der Waals surface area contributed by atoms with Gasteiger partial charge in [0, 0.05) is 22.6 Å². The number of hydrogen-bond acceptors (Lipinski definition) is 3. The van der Waals surface area contributed by atoms with Gasteiger partial charge in [0.25, 0.3) is 0 Å². The highest BCUT2D eigenvalue weighted by atomic mass is 79.9. The molecule has 0 amide bonds. The minimum Gasteiger partial charge on any atom is -0.492 e. The average molecular weight is 315 g/mol. The van der Waals surface area contributed by atoms with Gasteiger partial charge in [-0.2, -0.15) is 0 Å². The minimum atomic E-state index is -0.0223. The lowest BCUT2D eigenvalue weighted by molar-refractivity contribution is 0.221. The first-order chi connectivity index (χ1) is 8.58. The van der Waals surface area contributed by atoms with E-state index in [0.29, 0.717) is 6.61 Å². The van der Waals surface area contributed by atoms with Crippen molar-refractivity contribution in [3.63, 3.8) is 0 Å². The number of nitrogens with two attached hydrogens (primary N) is 1. The molecule has 1 rings (SSSR count). The Morgan fingerprint density at radius 3 is 2.56 bits per heavy atom. The lowest BCUT2D eigenvalue weighted by atomic mass is 10.1. The van der Waals surface area contributed by atoms with Gasteiger partial charge in [-0.05, 0) is 38.2 Å². The summed E-state index contributed by atoms with van der Waals surface area (Å²) in [5.74, 6) is 0.889. The van der Waals surface area contributed by atoms with E-state index in [1.165, 1.54) is 0 Å². The maximum atomic E-state index is 5.96. The monoisotopic (exact) mass is 314 g/mol. The minimum absolute atomic E-state index is 0.0223. The topological polar surface area (TPSA) is 38.5 Å². The molecule has 1 aromatic carbocycles. The first-order valence-corrected chi connectivity index (χ1v) is 7.28. The largest absolute Gasteiger partial charge is 0.492 e. The highest BCUT2D eigenvalue weighted by molar-refractivity contribution is 9.10. The second-order valence-electron chi connectivity index (χ2n) is 4.35. The summed E-state index contributed by atoms with van der Waals surface area (Å²) in [5.41, 5.74) is 7.00. The standard InChI is InChI=1S/C14H23BrN2O/c1-4-17(5-2)8-9-18-14-7-6-12(15)10-13(14)11(3)16/h6-7,10-11H,4-5,8-9,16H2,1-3H3/t11-/m0/s1. The third-order valence-electron chi connectivity index (χ3n) is 3.02. The lowest BCUT2D eigenvalue weighted by Gasteiger charge is -2.19. The van der Waals surface area contributed by atoms with E-state index in [1.54, 1.807) is 0 Å². The van der Waals surface area contributed by atoms with E-state index in [1.807, 2.05) is 25.1 Å². The molecule has 1 aromatic rings. The summed E-state index contributed by atoms with van der Waals surface area (Å²) in [4.78, 5) is 2.34. The van der Waals surface area contributed by atoms with Crippen LogP contribution in [0.4, 0.5) is 0 Å². The molecule has 0 bridgehead atoms. The van der Waals surface area contributed by atoms with E-state index in [4.69, 9.17) is 10.5 Å². The number of likely N-dealkylation sites (N-methyl/N-ethyl adjacent to an activating group) is 1. The van der Waals surface area contributed by atoms with Crippen molar-refractivity contribution >= 4 is 15.9 Å². The third kappa shape index (κ3) is 4.59. The molecule has 0 aliphatic heterocycles. The normalized spacial score (nSPS) is 12.8. The fourth-order valence-electron chi connectivity index (χ4n) is 1.83. The maximum Gasteiger partial charge on any atom is 0.124 e. The van der Waals surface area contributed by atoms with E-state index in [0.717, 1.165) is 35.4 Å². The van der Waals surface area contributed by atoms with Crippen LogP contribution in [0.25, 0.3) is 0 Å². The van der Waals surface area contributed by atoms with Crippen molar-refractivity contribution in [3.8, 4) is 5.75 Å². The number of halogens is 1. The summed E-state index contributed by atoms with van der Waals surface area (Å²) in [6, 6.07) is 5.96. The summed E-state index contributed by atoms with van der Waals surface area (Å²) in [6.07, 6.45) is 0. The van der Waals surface area contributed by atoms with Gasteiger partial charge >= 0.3 is 0 Å². The second-order valence-corrected chi connectivity index (χ2v) is 5.26. The summed E-state index contributed by atoms with van der Waals surface area (Å²) in [7, 11) is 0. The number of nitrogens with zero attached hydrogens (tertiary/aromatic N) is 1. The maximum absolute atomic E-state index is 5.96. The van der Waals surface area contributed by atoms with Crippen LogP contribution in [0.3, 0.4) is 0 Å². The van der Waals surface area contributed by atoms with Crippen LogP contribution in [-0.2, 0) is 0 Å². The van der Waals surface area contributed by atoms with Crippen LogP contribution in [0.15, 0.2) is 22.7 Å². The first-order valence-electron chi connectivity index (χ1n) is 6.48. The lowest BCUT2D eigenvalue weighted by Crippen LogP contribution is -2.28. The van der Waals surface area contributed by atoms with Gasteiger partial charge in [-0.15, -0.1) is 0 Å². The summed E-state index contributed by atoms with van der Waals surface area (Å²) in [6.45, 7) is 10.1. The molecule has 0 saturated carbocycles. The number of hydrogen-bond donors (Lipinski definition) is 1. The van der Waals surface area contributed by atoms with Gasteiger partial charge in [0.05, 0.1) is 0 Å². The Labute approximate surface area is 118 Å². The van der Waals surface area contributed by atoms with Crippen molar-refractivity contribution in [2.75, 3.05) is 26.2 Å². The molecule has 0 aromatic heterocycles. The van der Waals surface area contributed by atoms with Crippen molar-refractivity contribution in [2.45, 2.75) is 26.8 Å². The van der Waals surface area contributed by atoms with Crippen molar-refractivity contribution in [2.24, 2.45) is 5.73 Å². The SMILES string of the molecule is CCN(CC)CCOc1ccc(Br)cc1[C@H](C)N. The Morgan fingerprint density at radius 2 is 2.00 bits per heavy atom. The first kappa shape index (κ1) is 15.5. The van der Waals surface area contributed by atoms with Crippen LogP contribution < -0.4 is 10.5 Å². The molecule has 0 heterocycles. The van der Waals surface area contributed by atoms with Gasteiger partial charge in [-0.25, -0.2) is 0 Å².